The number of ether oxygens (including phenoxy) is 1. The number of benzene rings is 2. The third-order valence-electron chi connectivity index (χ3n) is 5.61. The Morgan fingerprint density at radius 1 is 1.07 bits per heavy atom. The summed E-state index contributed by atoms with van der Waals surface area (Å²) < 4.78 is 5.93. The van der Waals surface area contributed by atoms with Gasteiger partial charge in [-0.1, -0.05) is 31.2 Å². The molecule has 1 fully saturated rings. The number of nitrogens with one attached hydrogen (secondary N) is 1. The summed E-state index contributed by atoms with van der Waals surface area (Å²) in [5.74, 6) is 0.857. The zero-order chi connectivity index (χ0) is 20.5. The number of piperazine rings is 1. The molecule has 3 rings (SSSR count). The third-order valence-corrected chi connectivity index (χ3v) is 5.61. The van der Waals surface area contributed by atoms with E-state index < -0.39 is 0 Å². The molecule has 0 aromatic heterocycles. The molecule has 29 heavy (non-hydrogen) atoms. The first kappa shape index (κ1) is 21.3. The Bertz CT molecular complexity index is 809. The van der Waals surface area contributed by atoms with Crippen LogP contribution in [0.15, 0.2) is 48.5 Å². The lowest BCUT2D eigenvalue weighted by Crippen LogP contribution is -2.51. The van der Waals surface area contributed by atoms with E-state index in [1.54, 1.807) is 6.07 Å². The fourth-order valence-corrected chi connectivity index (χ4v) is 3.72. The summed E-state index contributed by atoms with van der Waals surface area (Å²) in [5, 5.41) is 12.6. The van der Waals surface area contributed by atoms with Gasteiger partial charge in [-0.05, 0) is 48.9 Å². The minimum atomic E-state index is 0.465. The van der Waals surface area contributed by atoms with E-state index in [4.69, 9.17) is 10.00 Å². The van der Waals surface area contributed by atoms with Crippen molar-refractivity contribution >= 4 is 0 Å². The molecule has 154 valence electrons. The Kier molecular flexibility index (Phi) is 8.06. The Labute approximate surface area is 174 Å². The molecule has 0 bridgehead atoms. The number of likely N-dealkylation sites (N-methyl/N-ethyl adjacent to an activating group) is 1. The number of hydrogen-bond donors (Lipinski definition) is 1. The molecule has 1 aliphatic heterocycles. The predicted molar refractivity (Wildman–Crippen MR) is 117 cm³/mol. The Balaban J connectivity index is 1.43. The quantitative estimate of drug-likeness (QED) is 0.710. The smallest absolute Gasteiger partial charge is 0.120 e. The molecule has 1 heterocycles. The standard InChI is InChI=1S/C24H32N4O/c1-3-27-10-12-28(13-11-27)20(2)17-26-18-22-7-5-9-24(15-22)29-19-23-8-4-6-21(14-23)16-25/h4-9,14-15,20,26H,3,10-13,17-19H2,1-2H3. The zero-order valence-corrected chi connectivity index (χ0v) is 17.6. The van der Waals surface area contributed by atoms with Crippen molar-refractivity contribution in [3.05, 3.63) is 65.2 Å². The van der Waals surface area contributed by atoms with E-state index in [0.717, 1.165) is 44.0 Å². The van der Waals surface area contributed by atoms with Gasteiger partial charge in [0.05, 0.1) is 11.6 Å². The predicted octanol–water partition coefficient (Wildman–Crippen LogP) is 3.25. The fourth-order valence-electron chi connectivity index (χ4n) is 3.72. The summed E-state index contributed by atoms with van der Waals surface area (Å²) in [5.41, 5.74) is 2.88. The average Bonchev–Trinajstić information content (AvgIpc) is 2.78. The van der Waals surface area contributed by atoms with Crippen LogP contribution in [-0.4, -0.2) is 55.1 Å². The van der Waals surface area contributed by atoms with Crippen LogP contribution in [0.5, 0.6) is 5.75 Å². The number of nitrogens with zero attached hydrogens (tertiary/aromatic N) is 3. The van der Waals surface area contributed by atoms with E-state index >= 15 is 0 Å². The van der Waals surface area contributed by atoms with E-state index in [1.807, 2.05) is 30.3 Å². The van der Waals surface area contributed by atoms with Crippen LogP contribution in [0.3, 0.4) is 0 Å². The van der Waals surface area contributed by atoms with Gasteiger partial charge >= 0.3 is 0 Å². The SMILES string of the molecule is CCN1CCN(C(C)CNCc2cccc(OCc3cccc(C#N)c3)c2)CC1. The molecule has 2 aromatic rings. The third kappa shape index (κ3) is 6.57. The Morgan fingerprint density at radius 2 is 1.83 bits per heavy atom. The maximum atomic E-state index is 9.01. The van der Waals surface area contributed by atoms with E-state index in [0.29, 0.717) is 18.2 Å². The van der Waals surface area contributed by atoms with Crippen LogP contribution < -0.4 is 10.1 Å². The first-order chi connectivity index (χ1) is 14.2. The topological polar surface area (TPSA) is 51.5 Å². The second-order valence-electron chi connectivity index (χ2n) is 7.70. The molecule has 5 heteroatoms. The molecular weight excluding hydrogens is 360 g/mol. The highest BCUT2D eigenvalue weighted by molar-refractivity contribution is 5.33. The van der Waals surface area contributed by atoms with Gasteiger partial charge < -0.3 is 15.0 Å². The second kappa shape index (κ2) is 11.0. The van der Waals surface area contributed by atoms with Gasteiger partial charge in [0.25, 0.3) is 0 Å². The number of rotatable bonds is 9. The molecule has 0 spiro atoms. The van der Waals surface area contributed by atoms with Gasteiger partial charge in [-0.3, -0.25) is 4.90 Å². The number of nitriles is 1. The highest BCUT2D eigenvalue weighted by Gasteiger charge is 2.19. The lowest BCUT2D eigenvalue weighted by molar-refractivity contribution is 0.105. The summed E-state index contributed by atoms with van der Waals surface area (Å²) in [6, 6.07) is 18.5. The Hall–Kier alpha value is -2.39. The minimum Gasteiger partial charge on any atom is -0.489 e. The first-order valence-corrected chi connectivity index (χ1v) is 10.6. The summed E-state index contributed by atoms with van der Waals surface area (Å²) in [6.45, 7) is 12.7. The lowest BCUT2D eigenvalue weighted by atomic mass is 10.1. The van der Waals surface area contributed by atoms with Crippen molar-refractivity contribution in [2.75, 3.05) is 39.3 Å². The zero-order valence-electron chi connectivity index (χ0n) is 17.6. The molecule has 0 amide bonds. The molecule has 1 saturated heterocycles. The van der Waals surface area contributed by atoms with E-state index in [1.165, 1.54) is 18.7 Å². The number of hydrogen-bond acceptors (Lipinski definition) is 5. The maximum Gasteiger partial charge on any atom is 0.120 e. The average molecular weight is 393 g/mol. The van der Waals surface area contributed by atoms with Crippen molar-refractivity contribution in [1.29, 1.82) is 5.26 Å². The first-order valence-electron chi connectivity index (χ1n) is 10.6. The molecule has 1 unspecified atom stereocenters. The monoisotopic (exact) mass is 392 g/mol. The van der Waals surface area contributed by atoms with E-state index in [9.17, 15) is 0 Å². The van der Waals surface area contributed by atoms with Gasteiger partial charge in [0.2, 0.25) is 0 Å². The van der Waals surface area contributed by atoms with Crippen LogP contribution in [0.1, 0.15) is 30.5 Å². The summed E-state index contributed by atoms with van der Waals surface area (Å²) in [7, 11) is 0. The van der Waals surface area contributed by atoms with Crippen LogP contribution in [-0.2, 0) is 13.2 Å². The largest absolute Gasteiger partial charge is 0.489 e. The molecule has 0 radical (unpaired) electrons. The van der Waals surface area contributed by atoms with Gasteiger partial charge in [-0.2, -0.15) is 5.26 Å². The van der Waals surface area contributed by atoms with Crippen molar-refractivity contribution in [2.45, 2.75) is 33.0 Å². The molecule has 1 aliphatic rings. The summed E-state index contributed by atoms with van der Waals surface area (Å²) in [4.78, 5) is 5.09. The molecule has 1 N–H and O–H groups in total. The van der Waals surface area contributed by atoms with Crippen LogP contribution in [0.25, 0.3) is 0 Å². The van der Waals surface area contributed by atoms with Gasteiger partial charge in [-0.15, -0.1) is 0 Å². The van der Waals surface area contributed by atoms with Crippen LogP contribution in [0, 0.1) is 11.3 Å². The molecule has 5 nitrogen and oxygen atoms in total. The lowest BCUT2D eigenvalue weighted by Gasteiger charge is -2.37. The molecular formula is C24H32N4O. The van der Waals surface area contributed by atoms with Gasteiger partial charge in [0.1, 0.15) is 12.4 Å². The molecule has 1 atom stereocenters. The Morgan fingerprint density at radius 3 is 2.59 bits per heavy atom. The molecule has 0 aliphatic carbocycles. The van der Waals surface area contributed by atoms with Crippen LogP contribution >= 0.6 is 0 Å². The van der Waals surface area contributed by atoms with Gasteiger partial charge in [0, 0.05) is 45.3 Å². The summed E-state index contributed by atoms with van der Waals surface area (Å²) in [6.07, 6.45) is 0. The van der Waals surface area contributed by atoms with Crippen molar-refractivity contribution in [2.24, 2.45) is 0 Å². The van der Waals surface area contributed by atoms with Gasteiger partial charge in [-0.25, -0.2) is 0 Å². The van der Waals surface area contributed by atoms with Crippen molar-refractivity contribution in [3.63, 3.8) is 0 Å². The molecule has 0 saturated carbocycles. The molecule has 2 aromatic carbocycles. The summed E-state index contributed by atoms with van der Waals surface area (Å²) >= 11 is 0. The van der Waals surface area contributed by atoms with E-state index in [-0.39, 0.29) is 0 Å². The van der Waals surface area contributed by atoms with Crippen molar-refractivity contribution < 1.29 is 4.74 Å². The van der Waals surface area contributed by atoms with E-state index in [2.05, 4.69) is 47.2 Å². The normalized spacial score (nSPS) is 16.3. The van der Waals surface area contributed by atoms with Crippen molar-refractivity contribution in [1.82, 2.24) is 15.1 Å². The van der Waals surface area contributed by atoms with Crippen molar-refractivity contribution in [3.8, 4) is 11.8 Å². The second-order valence-corrected chi connectivity index (χ2v) is 7.70. The van der Waals surface area contributed by atoms with Gasteiger partial charge in [0.15, 0.2) is 0 Å². The minimum absolute atomic E-state index is 0.465. The van der Waals surface area contributed by atoms with Crippen LogP contribution in [0.4, 0.5) is 0 Å². The highest BCUT2D eigenvalue weighted by atomic mass is 16.5. The van der Waals surface area contributed by atoms with Crippen LogP contribution in [0.2, 0.25) is 0 Å². The fraction of sp³-hybridized carbons (Fsp3) is 0.458. The maximum absolute atomic E-state index is 9.01. The highest BCUT2D eigenvalue weighted by Crippen LogP contribution is 2.16.